The van der Waals surface area contributed by atoms with Gasteiger partial charge in [-0.1, -0.05) is 38.5 Å². The Balaban J connectivity index is 0.000001000. The van der Waals surface area contributed by atoms with Crippen molar-refractivity contribution in [3.8, 4) is 0 Å². The van der Waals surface area contributed by atoms with Crippen LogP contribution >= 0.6 is 0 Å². The van der Waals surface area contributed by atoms with E-state index in [4.69, 9.17) is 0 Å². The van der Waals surface area contributed by atoms with Crippen molar-refractivity contribution in [1.82, 2.24) is 0 Å². The molecule has 0 nitrogen and oxygen atoms in total. The first kappa shape index (κ1) is 12.1. The first-order valence-corrected chi connectivity index (χ1v) is 4.47. The molecule has 1 fully saturated rings. The van der Waals surface area contributed by atoms with Gasteiger partial charge in [-0.15, -0.1) is 0 Å². The minimum Gasteiger partial charge on any atom is -0.342 e. The van der Waals surface area contributed by atoms with E-state index in [1.54, 1.807) is 0 Å². The fourth-order valence-electron chi connectivity index (χ4n) is 1.64. The van der Waals surface area contributed by atoms with Crippen LogP contribution in [-0.2, 0) is 32.7 Å². The molecule has 0 amide bonds. The predicted octanol–water partition coefficient (Wildman–Crippen LogP) is 3.24. The van der Waals surface area contributed by atoms with Gasteiger partial charge in [-0.05, 0) is 0 Å². The van der Waals surface area contributed by atoms with E-state index in [-0.39, 0.29) is 32.7 Å². The summed E-state index contributed by atoms with van der Waals surface area (Å²) in [4.78, 5) is 0. The summed E-state index contributed by atoms with van der Waals surface area (Å²) in [5.74, 6) is 1.25. The van der Waals surface area contributed by atoms with E-state index in [1.807, 2.05) is 0 Å². The van der Waals surface area contributed by atoms with Gasteiger partial charge < -0.3 is 13.8 Å². The van der Waals surface area contributed by atoms with Gasteiger partial charge in [-0.3, -0.25) is 0 Å². The van der Waals surface area contributed by atoms with E-state index in [1.165, 1.54) is 38.5 Å². The first-order valence-electron chi connectivity index (χ1n) is 4.47. The molecule has 0 heterocycles. The molecule has 1 radical (unpaired) electrons. The standard InChI is InChI=1S/C10H18.Y/c1-9-7-5-3-4-6-8-10(9)2;/h9-10H,1-8H2;/q-2;. The maximum atomic E-state index is 4.12. The Bertz CT molecular complexity index is 78.9. The van der Waals surface area contributed by atoms with Gasteiger partial charge in [-0.2, -0.15) is 11.8 Å². The summed E-state index contributed by atoms with van der Waals surface area (Å²) in [6.07, 6.45) is 8.18. The van der Waals surface area contributed by atoms with Crippen LogP contribution < -0.4 is 0 Å². The monoisotopic (exact) mass is 227 g/mol. The second-order valence-electron chi connectivity index (χ2n) is 3.51. The Kier molecular flexibility index (Phi) is 7.26. The van der Waals surface area contributed by atoms with E-state index in [9.17, 15) is 0 Å². The predicted molar refractivity (Wildman–Crippen MR) is 45.4 cm³/mol. The third-order valence-electron chi connectivity index (χ3n) is 2.57. The topological polar surface area (TPSA) is 0 Å². The Hall–Kier alpha value is 1.10. The molecule has 0 aromatic heterocycles. The van der Waals surface area contributed by atoms with E-state index >= 15 is 0 Å². The largest absolute Gasteiger partial charge is 0.342 e. The van der Waals surface area contributed by atoms with Crippen LogP contribution in [0.15, 0.2) is 0 Å². The molecule has 0 N–H and O–H groups in total. The van der Waals surface area contributed by atoms with Crippen molar-refractivity contribution < 1.29 is 32.7 Å². The smallest absolute Gasteiger partial charge is 0 e. The van der Waals surface area contributed by atoms with Gasteiger partial charge in [0.15, 0.2) is 0 Å². The van der Waals surface area contributed by atoms with Crippen molar-refractivity contribution in [1.29, 1.82) is 0 Å². The molecule has 2 atom stereocenters. The molecule has 0 aromatic carbocycles. The molecule has 0 bridgehead atoms. The molecule has 1 aliphatic rings. The molecule has 2 unspecified atom stereocenters. The van der Waals surface area contributed by atoms with Gasteiger partial charge in [0.1, 0.15) is 0 Å². The minimum absolute atomic E-state index is 0. The molecule has 63 valence electrons. The van der Waals surface area contributed by atoms with Crippen LogP contribution in [0.25, 0.3) is 0 Å². The fraction of sp³-hybridized carbons (Fsp3) is 0.800. The Labute approximate surface area is 96.4 Å². The number of hydrogen-bond donors (Lipinski definition) is 0. The van der Waals surface area contributed by atoms with E-state index in [0.29, 0.717) is 11.8 Å². The number of rotatable bonds is 0. The molecule has 0 aliphatic heterocycles. The van der Waals surface area contributed by atoms with Crippen molar-refractivity contribution in [2.45, 2.75) is 38.5 Å². The van der Waals surface area contributed by atoms with Gasteiger partial charge >= 0.3 is 0 Å². The molecule has 1 heteroatoms. The van der Waals surface area contributed by atoms with E-state index in [0.717, 1.165) is 0 Å². The first-order chi connectivity index (χ1) is 4.80. The fourth-order valence-corrected chi connectivity index (χ4v) is 1.64. The summed E-state index contributed by atoms with van der Waals surface area (Å²) in [5.41, 5.74) is 0. The summed E-state index contributed by atoms with van der Waals surface area (Å²) in [5, 5.41) is 0. The molecular formula is C10H18Y-2. The summed E-state index contributed by atoms with van der Waals surface area (Å²) >= 11 is 0. The summed E-state index contributed by atoms with van der Waals surface area (Å²) < 4.78 is 0. The van der Waals surface area contributed by atoms with Crippen LogP contribution in [-0.4, -0.2) is 0 Å². The van der Waals surface area contributed by atoms with Crippen molar-refractivity contribution >= 4 is 0 Å². The summed E-state index contributed by atoms with van der Waals surface area (Å²) in [6.45, 7) is 8.24. The van der Waals surface area contributed by atoms with Crippen LogP contribution in [0.4, 0.5) is 0 Å². The van der Waals surface area contributed by atoms with Crippen LogP contribution in [0, 0.1) is 25.7 Å². The van der Waals surface area contributed by atoms with Gasteiger partial charge in [-0.25, -0.2) is 0 Å². The molecule has 0 aromatic rings. The van der Waals surface area contributed by atoms with Crippen molar-refractivity contribution in [3.05, 3.63) is 13.8 Å². The van der Waals surface area contributed by atoms with Crippen molar-refractivity contribution in [3.63, 3.8) is 0 Å². The minimum atomic E-state index is 0. The third-order valence-corrected chi connectivity index (χ3v) is 2.57. The number of hydrogen-bond acceptors (Lipinski definition) is 0. The zero-order valence-electron chi connectivity index (χ0n) is 7.39. The SMILES string of the molecule is [CH2-]C1CCCCCCC1[CH2-].[Y]. The molecule has 1 aliphatic carbocycles. The van der Waals surface area contributed by atoms with Gasteiger partial charge in [0.2, 0.25) is 0 Å². The Morgan fingerprint density at radius 1 is 0.727 bits per heavy atom. The van der Waals surface area contributed by atoms with E-state index < -0.39 is 0 Å². The van der Waals surface area contributed by atoms with Gasteiger partial charge in [0, 0.05) is 32.7 Å². The third kappa shape index (κ3) is 4.63. The van der Waals surface area contributed by atoms with Crippen LogP contribution in [0.3, 0.4) is 0 Å². The summed E-state index contributed by atoms with van der Waals surface area (Å²) in [6, 6.07) is 0. The van der Waals surface area contributed by atoms with Gasteiger partial charge in [0.05, 0.1) is 0 Å². The molecule has 1 rings (SSSR count). The van der Waals surface area contributed by atoms with Crippen LogP contribution in [0.2, 0.25) is 0 Å². The zero-order chi connectivity index (χ0) is 7.40. The molecule has 0 saturated heterocycles. The van der Waals surface area contributed by atoms with Crippen LogP contribution in [0.5, 0.6) is 0 Å². The summed E-state index contributed by atoms with van der Waals surface area (Å²) in [7, 11) is 0. The molecular weight excluding hydrogens is 209 g/mol. The normalized spacial score (nSPS) is 33.3. The van der Waals surface area contributed by atoms with Crippen molar-refractivity contribution in [2.24, 2.45) is 11.8 Å². The van der Waals surface area contributed by atoms with Crippen LogP contribution in [0.1, 0.15) is 38.5 Å². The second-order valence-corrected chi connectivity index (χ2v) is 3.51. The molecule has 0 spiro atoms. The second kappa shape index (κ2) is 6.60. The average molecular weight is 227 g/mol. The molecule has 1 saturated carbocycles. The average Bonchev–Trinajstić information content (AvgIpc) is 1.92. The maximum absolute atomic E-state index is 4.12. The van der Waals surface area contributed by atoms with E-state index in [2.05, 4.69) is 13.8 Å². The quantitative estimate of drug-likeness (QED) is 0.557. The maximum Gasteiger partial charge on any atom is 0 e. The Morgan fingerprint density at radius 3 is 1.45 bits per heavy atom. The molecule has 11 heavy (non-hydrogen) atoms. The zero-order valence-corrected chi connectivity index (χ0v) is 10.2. The van der Waals surface area contributed by atoms with Gasteiger partial charge in [0.25, 0.3) is 0 Å². The van der Waals surface area contributed by atoms with Crippen molar-refractivity contribution in [2.75, 3.05) is 0 Å². The Morgan fingerprint density at radius 2 is 1.09 bits per heavy atom.